The highest BCUT2D eigenvalue weighted by Gasteiger charge is 2.28. The Morgan fingerprint density at radius 3 is 3.10 bits per heavy atom. The van der Waals surface area contributed by atoms with Gasteiger partial charge in [0.25, 0.3) is 0 Å². The molecule has 1 atom stereocenters. The van der Waals surface area contributed by atoms with E-state index in [1.165, 1.54) is 0 Å². The quantitative estimate of drug-likeness (QED) is 0.809. The molecule has 0 bridgehead atoms. The molecule has 2 heterocycles. The van der Waals surface area contributed by atoms with Gasteiger partial charge in [-0.3, -0.25) is 9.78 Å². The number of nitrogens with zero attached hydrogens (tertiary/aromatic N) is 2. The van der Waals surface area contributed by atoms with Crippen LogP contribution in [0.25, 0.3) is 10.9 Å². The molecule has 104 valence electrons. The number of rotatable bonds is 3. The molecule has 0 spiro atoms. The smallest absolute Gasteiger partial charge is 0.210 e. The molecule has 1 amide bonds. The fraction of sp³-hybridized carbons (Fsp3) is 0.333. The van der Waals surface area contributed by atoms with Gasteiger partial charge < -0.3 is 9.64 Å². The number of ether oxygens (including phenoxy) is 1. The number of hydrogen-bond acceptors (Lipinski definition) is 3. The van der Waals surface area contributed by atoms with E-state index in [9.17, 15) is 4.79 Å². The van der Waals surface area contributed by atoms with Crippen molar-refractivity contribution in [3.05, 3.63) is 34.4 Å². The minimum atomic E-state index is 0.0679. The maximum absolute atomic E-state index is 11.2. The molecule has 1 aromatic carbocycles. The molecule has 0 aliphatic carbocycles. The molecule has 20 heavy (non-hydrogen) atoms. The van der Waals surface area contributed by atoms with Crippen molar-refractivity contribution in [1.82, 2.24) is 9.88 Å². The van der Waals surface area contributed by atoms with E-state index >= 15 is 0 Å². The first-order valence-corrected chi connectivity index (χ1v) is 7.37. The van der Waals surface area contributed by atoms with Crippen LogP contribution in [-0.4, -0.2) is 29.9 Å². The predicted molar refractivity (Wildman–Crippen MR) is 80.7 cm³/mol. The predicted octanol–water partition coefficient (Wildman–Crippen LogP) is 3.30. The van der Waals surface area contributed by atoms with Crippen molar-refractivity contribution in [3.63, 3.8) is 0 Å². The number of fused-ring (bicyclic) bond motifs is 1. The van der Waals surface area contributed by atoms with E-state index in [2.05, 4.69) is 20.9 Å². The van der Waals surface area contributed by atoms with Gasteiger partial charge in [0.1, 0.15) is 5.75 Å². The van der Waals surface area contributed by atoms with Crippen LogP contribution < -0.4 is 4.74 Å². The molecule has 1 aliphatic heterocycles. The second-order valence-corrected chi connectivity index (χ2v) is 5.83. The minimum absolute atomic E-state index is 0.0679. The van der Waals surface area contributed by atoms with E-state index in [-0.39, 0.29) is 6.04 Å². The first kappa shape index (κ1) is 13.4. The van der Waals surface area contributed by atoms with Gasteiger partial charge >= 0.3 is 0 Å². The Morgan fingerprint density at radius 2 is 2.35 bits per heavy atom. The van der Waals surface area contributed by atoms with Crippen molar-refractivity contribution in [3.8, 4) is 5.75 Å². The van der Waals surface area contributed by atoms with Crippen LogP contribution in [0.5, 0.6) is 5.75 Å². The molecule has 0 radical (unpaired) electrons. The molecule has 1 unspecified atom stereocenters. The van der Waals surface area contributed by atoms with Crippen molar-refractivity contribution < 1.29 is 9.53 Å². The second kappa shape index (κ2) is 5.40. The molecule has 0 N–H and O–H groups in total. The summed E-state index contributed by atoms with van der Waals surface area (Å²) in [5.41, 5.74) is 1.88. The van der Waals surface area contributed by atoms with Gasteiger partial charge in [-0.15, -0.1) is 0 Å². The highest BCUT2D eigenvalue weighted by atomic mass is 79.9. The molecular formula is C15H15BrN2O2. The normalized spacial score (nSPS) is 18.5. The first-order valence-electron chi connectivity index (χ1n) is 6.58. The van der Waals surface area contributed by atoms with Crippen molar-refractivity contribution in [2.75, 3.05) is 13.7 Å². The van der Waals surface area contributed by atoms with Crippen LogP contribution >= 0.6 is 15.9 Å². The third-order valence-corrected chi connectivity index (χ3v) is 4.29. The van der Waals surface area contributed by atoms with Crippen LogP contribution in [0.4, 0.5) is 0 Å². The maximum atomic E-state index is 11.2. The Labute approximate surface area is 125 Å². The zero-order valence-electron chi connectivity index (χ0n) is 11.2. The van der Waals surface area contributed by atoms with Crippen LogP contribution in [0.2, 0.25) is 0 Å². The highest BCUT2D eigenvalue weighted by molar-refractivity contribution is 9.10. The van der Waals surface area contributed by atoms with E-state index in [0.717, 1.165) is 52.5 Å². The monoisotopic (exact) mass is 334 g/mol. The van der Waals surface area contributed by atoms with Crippen molar-refractivity contribution in [2.24, 2.45) is 0 Å². The van der Waals surface area contributed by atoms with Crippen molar-refractivity contribution in [1.29, 1.82) is 0 Å². The Hall–Kier alpha value is -1.62. The molecule has 1 aliphatic rings. The summed E-state index contributed by atoms with van der Waals surface area (Å²) in [6.07, 6.45) is 4.73. The summed E-state index contributed by atoms with van der Waals surface area (Å²) in [7, 11) is 1.67. The van der Waals surface area contributed by atoms with Gasteiger partial charge in [0.15, 0.2) is 0 Å². The number of carbonyl (C=O) groups excluding carboxylic acids is 1. The number of carbonyl (C=O) groups is 1. The lowest BCUT2D eigenvalue weighted by Crippen LogP contribution is -2.21. The van der Waals surface area contributed by atoms with E-state index in [1.54, 1.807) is 7.11 Å². The summed E-state index contributed by atoms with van der Waals surface area (Å²) >= 11 is 3.48. The van der Waals surface area contributed by atoms with Gasteiger partial charge in [0, 0.05) is 28.2 Å². The third-order valence-electron chi connectivity index (χ3n) is 3.80. The van der Waals surface area contributed by atoms with Gasteiger partial charge in [-0.05, 0) is 31.0 Å². The molecule has 1 fully saturated rings. The molecule has 0 saturated carbocycles. The van der Waals surface area contributed by atoms with E-state index in [0.29, 0.717) is 0 Å². The summed E-state index contributed by atoms with van der Waals surface area (Å²) in [6.45, 7) is 0.799. The number of methoxy groups -OCH3 is 1. The number of hydrogen-bond donors (Lipinski definition) is 0. The Kier molecular flexibility index (Phi) is 3.61. The number of pyridine rings is 1. The number of likely N-dealkylation sites (tertiary alicyclic amines) is 1. The molecule has 2 aromatic rings. The Bertz CT molecular complexity index is 660. The molecular weight excluding hydrogens is 320 g/mol. The van der Waals surface area contributed by atoms with Crippen LogP contribution in [0.3, 0.4) is 0 Å². The molecule has 5 heteroatoms. The van der Waals surface area contributed by atoms with Crippen LogP contribution in [0.15, 0.2) is 28.9 Å². The standard InChI is InChI=1S/C15H15BrN2O2/c1-20-15-11-7-10(16)4-5-13(11)17-8-12(15)14-3-2-6-18(14)9-19/h4-5,7-9,14H,2-3,6H2,1H3. The van der Waals surface area contributed by atoms with Crippen LogP contribution in [0, 0.1) is 0 Å². The molecule has 1 saturated heterocycles. The first-order chi connectivity index (χ1) is 9.74. The van der Waals surface area contributed by atoms with E-state index in [1.807, 2.05) is 29.3 Å². The average molecular weight is 335 g/mol. The van der Waals surface area contributed by atoms with E-state index < -0.39 is 0 Å². The molecule has 4 nitrogen and oxygen atoms in total. The summed E-state index contributed by atoms with van der Waals surface area (Å²) in [5, 5.41) is 0.970. The van der Waals surface area contributed by atoms with Crippen molar-refractivity contribution >= 4 is 33.2 Å². The largest absolute Gasteiger partial charge is 0.496 e. The van der Waals surface area contributed by atoms with Gasteiger partial charge in [0.05, 0.1) is 18.7 Å². The van der Waals surface area contributed by atoms with Crippen LogP contribution in [0.1, 0.15) is 24.4 Å². The summed E-state index contributed by atoms with van der Waals surface area (Å²) in [5.74, 6) is 0.815. The van der Waals surface area contributed by atoms with Gasteiger partial charge in [0.2, 0.25) is 6.41 Å². The zero-order valence-corrected chi connectivity index (χ0v) is 12.8. The van der Waals surface area contributed by atoms with Crippen LogP contribution in [-0.2, 0) is 4.79 Å². The summed E-state index contributed by atoms with van der Waals surface area (Å²) in [4.78, 5) is 17.5. The Morgan fingerprint density at radius 1 is 1.50 bits per heavy atom. The lowest BCUT2D eigenvalue weighted by Gasteiger charge is -2.22. The number of amides is 1. The average Bonchev–Trinajstić information content (AvgIpc) is 2.94. The second-order valence-electron chi connectivity index (χ2n) is 4.91. The van der Waals surface area contributed by atoms with Gasteiger partial charge in [-0.1, -0.05) is 15.9 Å². The lowest BCUT2D eigenvalue weighted by molar-refractivity contribution is -0.118. The number of benzene rings is 1. The Balaban J connectivity index is 2.18. The SMILES string of the molecule is COc1c(C2CCCN2C=O)cnc2ccc(Br)cc12. The fourth-order valence-electron chi connectivity index (χ4n) is 2.87. The minimum Gasteiger partial charge on any atom is -0.496 e. The summed E-state index contributed by atoms with van der Waals surface area (Å²) in [6, 6.07) is 5.99. The zero-order chi connectivity index (χ0) is 14.1. The number of aromatic nitrogens is 1. The van der Waals surface area contributed by atoms with Gasteiger partial charge in [-0.25, -0.2) is 0 Å². The highest BCUT2D eigenvalue weighted by Crippen LogP contribution is 2.39. The topological polar surface area (TPSA) is 42.4 Å². The maximum Gasteiger partial charge on any atom is 0.210 e. The van der Waals surface area contributed by atoms with Gasteiger partial charge in [-0.2, -0.15) is 0 Å². The van der Waals surface area contributed by atoms with E-state index in [4.69, 9.17) is 4.74 Å². The van der Waals surface area contributed by atoms with Crippen molar-refractivity contribution in [2.45, 2.75) is 18.9 Å². The third kappa shape index (κ3) is 2.16. The lowest BCUT2D eigenvalue weighted by atomic mass is 10.0. The fourth-order valence-corrected chi connectivity index (χ4v) is 3.23. The summed E-state index contributed by atoms with van der Waals surface area (Å²) < 4.78 is 6.60. The molecule has 3 rings (SSSR count). The molecule has 1 aromatic heterocycles. The number of halogens is 1.